The van der Waals surface area contributed by atoms with Gasteiger partial charge in [-0.25, -0.2) is 0 Å². The molecule has 1 aliphatic rings. The Morgan fingerprint density at radius 2 is 2.22 bits per heavy atom. The van der Waals surface area contributed by atoms with Gasteiger partial charge in [0, 0.05) is 28.7 Å². The Morgan fingerprint density at radius 1 is 1.56 bits per heavy atom. The van der Waals surface area contributed by atoms with E-state index in [9.17, 15) is 4.79 Å². The highest BCUT2D eigenvalue weighted by atomic mass is 127. The molecular weight excluding hydrogens is 229 g/mol. The highest BCUT2D eigenvalue weighted by Crippen LogP contribution is 1.92. The van der Waals surface area contributed by atoms with Crippen LogP contribution in [0.1, 0.15) is 0 Å². The van der Waals surface area contributed by atoms with Crippen molar-refractivity contribution in [2.75, 3.05) is 0 Å². The van der Waals surface area contributed by atoms with Gasteiger partial charge in [0.1, 0.15) is 0 Å². The zero-order valence-electron chi connectivity index (χ0n) is 4.65. The number of halogens is 1. The molecule has 0 aromatic rings. The Kier molecular flexibility index (Phi) is 1.80. The predicted molar refractivity (Wildman–Crippen MR) is 43.3 cm³/mol. The van der Waals surface area contributed by atoms with Gasteiger partial charge in [0.05, 0.1) is 0 Å². The number of hydrogen-bond acceptors (Lipinski definition) is 1. The molecule has 0 unspecified atom stereocenters. The van der Waals surface area contributed by atoms with Gasteiger partial charge >= 0.3 is 0 Å². The third-order valence-corrected chi connectivity index (χ3v) is 1.72. The maximum Gasteiger partial charge on any atom is 0.287 e. The fraction of sp³-hybridized carbons (Fsp3) is 0. The van der Waals surface area contributed by atoms with Crippen LogP contribution in [-0.4, -0.2) is 9.50 Å². The minimum atomic E-state index is 0.0167. The lowest BCUT2D eigenvalue weighted by Gasteiger charge is -1.90. The molecule has 0 amide bonds. The van der Waals surface area contributed by atoms with Gasteiger partial charge in [-0.2, -0.15) is 4.99 Å². The molecule has 0 aromatic carbocycles. The van der Waals surface area contributed by atoms with Gasteiger partial charge in [-0.3, -0.25) is 4.79 Å². The molecule has 0 spiro atoms. The van der Waals surface area contributed by atoms with E-state index in [0.29, 0.717) is 3.72 Å². The summed E-state index contributed by atoms with van der Waals surface area (Å²) in [5, 5.41) is 0. The minimum absolute atomic E-state index is 0.0167. The lowest BCUT2D eigenvalue weighted by atomic mass is 10.3. The smallest absolute Gasteiger partial charge is 0.282 e. The average Bonchev–Trinajstić information content (AvgIpc) is 1.80. The molecule has 1 rings (SSSR count). The highest BCUT2D eigenvalue weighted by molar-refractivity contribution is 14.1. The summed E-state index contributed by atoms with van der Waals surface area (Å²) >= 11 is 1.94. The second-order valence-corrected chi connectivity index (χ2v) is 2.74. The van der Waals surface area contributed by atoms with Crippen LogP contribution < -0.4 is 4.99 Å². The molecule has 1 aliphatic heterocycles. The van der Waals surface area contributed by atoms with Crippen LogP contribution in [0, 0.1) is 0 Å². The standard InChI is InChI=1S/C6H4INO/c1-4-2-3-5(9)6(7)8-4/h2-3H,1H2/p+1. The molecule has 0 atom stereocenters. The Hall–Kier alpha value is -0.450. The Bertz CT molecular complexity index is 227. The quantitative estimate of drug-likeness (QED) is 0.565. The fourth-order valence-electron chi connectivity index (χ4n) is 0.494. The zero-order chi connectivity index (χ0) is 6.85. The molecular formula is C6H5INO+. The second-order valence-electron chi connectivity index (χ2n) is 1.66. The van der Waals surface area contributed by atoms with Crippen molar-refractivity contribution in [3.05, 3.63) is 24.4 Å². The summed E-state index contributed by atoms with van der Waals surface area (Å²) in [4.78, 5) is 13.5. The number of rotatable bonds is 0. The molecule has 9 heavy (non-hydrogen) atoms. The summed E-state index contributed by atoms with van der Waals surface area (Å²) in [5.74, 6) is 0.0167. The van der Waals surface area contributed by atoms with Crippen molar-refractivity contribution in [3.63, 3.8) is 0 Å². The molecule has 2 nitrogen and oxygen atoms in total. The maximum absolute atomic E-state index is 10.7. The number of allylic oxidation sites excluding steroid dienone is 2. The van der Waals surface area contributed by atoms with Gasteiger partial charge in [0.25, 0.3) is 9.50 Å². The van der Waals surface area contributed by atoms with Crippen LogP contribution in [0.4, 0.5) is 0 Å². The first-order valence-electron chi connectivity index (χ1n) is 2.41. The van der Waals surface area contributed by atoms with Gasteiger partial charge in [-0.05, 0) is 12.7 Å². The summed E-state index contributed by atoms with van der Waals surface area (Å²) in [5.41, 5.74) is 0.763. The molecule has 0 aliphatic carbocycles. The maximum atomic E-state index is 10.7. The number of ketones is 1. The molecule has 0 fully saturated rings. The molecule has 1 N–H and O–H groups in total. The van der Waals surface area contributed by atoms with Crippen molar-refractivity contribution in [1.29, 1.82) is 0 Å². The largest absolute Gasteiger partial charge is 0.287 e. The lowest BCUT2D eigenvalue weighted by molar-refractivity contribution is -0.385. The van der Waals surface area contributed by atoms with Crippen LogP contribution in [0.5, 0.6) is 0 Å². The van der Waals surface area contributed by atoms with E-state index in [1.807, 2.05) is 22.6 Å². The van der Waals surface area contributed by atoms with Crippen molar-refractivity contribution in [3.8, 4) is 0 Å². The van der Waals surface area contributed by atoms with Crippen molar-refractivity contribution in [2.24, 2.45) is 0 Å². The molecule has 0 bridgehead atoms. The summed E-state index contributed by atoms with van der Waals surface area (Å²) in [6, 6.07) is 0. The summed E-state index contributed by atoms with van der Waals surface area (Å²) in [7, 11) is 0. The number of hydrogen-bond donors (Lipinski definition) is 1. The Morgan fingerprint density at radius 3 is 2.67 bits per heavy atom. The van der Waals surface area contributed by atoms with Crippen molar-refractivity contribution >= 4 is 32.1 Å². The molecule has 0 saturated carbocycles. The van der Waals surface area contributed by atoms with Crippen molar-refractivity contribution < 1.29 is 9.79 Å². The molecule has 46 valence electrons. The van der Waals surface area contributed by atoms with E-state index < -0.39 is 0 Å². The van der Waals surface area contributed by atoms with E-state index in [4.69, 9.17) is 0 Å². The first-order valence-corrected chi connectivity index (χ1v) is 3.49. The normalized spacial score (nSPS) is 18.1. The second kappa shape index (κ2) is 2.43. The van der Waals surface area contributed by atoms with Crippen LogP contribution >= 0.6 is 22.6 Å². The monoisotopic (exact) mass is 234 g/mol. The van der Waals surface area contributed by atoms with Gasteiger partial charge in [0.2, 0.25) is 0 Å². The van der Waals surface area contributed by atoms with E-state index in [0.717, 1.165) is 5.70 Å². The SMILES string of the molecule is C=C1C=CC(=O)C(I)=[NH+]1. The molecule has 1 heterocycles. The van der Waals surface area contributed by atoms with Gasteiger partial charge in [-0.15, -0.1) is 0 Å². The zero-order valence-corrected chi connectivity index (χ0v) is 6.81. The van der Waals surface area contributed by atoms with Crippen LogP contribution in [0.25, 0.3) is 0 Å². The van der Waals surface area contributed by atoms with E-state index in [1.54, 1.807) is 6.08 Å². The summed E-state index contributed by atoms with van der Waals surface area (Å²) in [6.07, 6.45) is 3.16. The van der Waals surface area contributed by atoms with Crippen LogP contribution in [0.15, 0.2) is 24.4 Å². The molecule has 0 aromatic heterocycles. The topological polar surface area (TPSA) is 31.0 Å². The highest BCUT2D eigenvalue weighted by Gasteiger charge is 2.14. The van der Waals surface area contributed by atoms with Crippen LogP contribution in [-0.2, 0) is 4.79 Å². The first kappa shape index (κ1) is 6.67. The number of nitrogens with one attached hydrogen (secondary N) is 1. The third-order valence-electron chi connectivity index (χ3n) is 0.923. The predicted octanol–water partition coefficient (Wildman–Crippen LogP) is -0.447. The summed E-state index contributed by atoms with van der Waals surface area (Å²) in [6.45, 7) is 3.62. The minimum Gasteiger partial charge on any atom is -0.282 e. The molecule has 3 heteroatoms. The number of carbonyl (C=O) groups excluding carboxylic acids is 1. The van der Waals surface area contributed by atoms with Crippen LogP contribution in [0.3, 0.4) is 0 Å². The van der Waals surface area contributed by atoms with Gasteiger partial charge in [0.15, 0.2) is 5.70 Å². The van der Waals surface area contributed by atoms with E-state index in [2.05, 4.69) is 11.6 Å². The average molecular weight is 234 g/mol. The summed E-state index contributed by atoms with van der Waals surface area (Å²) < 4.78 is 0.611. The number of carbonyl (C=O) groups is 1. The van der Waals surface area contributed by atoms with E-state index in [1.165, 1.54) is 6.08 Å². The lowest BCUT2D eigenvalue weighted by Crippen LogP contribution is -2.71. The van der Waals surface area contributed by atoms with Crippen molar-refractivity contribution in [1.82, 2.24) is 0 Å². The van der Waals surface area contributed by atoms with E-state index >= 15 is 0 Å². The van der Waals surface area contributed by atoms with Gasteiger partial charge in [-0.1, -0.05) is 0 Å². The first-order chi connectivity index (χ1) is 4.20. The van der Waals surface area contributed by atoms with E-state index in [-0.39, 0.29) is 5.78 Å². The van der Waals surface area contributed by atoms with Gasteiger partial charge < -0.3 is 0 Å². The third kappa shape index (κ3) is 1.48. The van der Waals surface area contributed by atoms with Crippen LogP contribution in [0.2, 0.25) is 0 Å². The molecule has 0 saturated heterocycles. The Labute approximate surface area is 66.5 Å². The van der Waals surface area contributed by atoms with Crippen molar-refractivity contribution in [2.45, 2.75) is 0 Å². The molecule has 0 radical (unpaired) electrons. The fourth-order valence-corrected chi connectivity index (χ4v) is 1.02. The Balaban J connectivity index is 2.95.